The van der Waals surface area contributed by atoms with Crippen LogP contribution >= 0.6 is 11.3 Å². The molecule has 3 heteroatoms. The van der Waals surface area contributed by atoms with Crippen molar-refractivity contribution in [3.05, 3.63) is 47.5 Å². The maximum Gasteiger partial charge on any atom is 0.159 e. The smallest absolute Gasteiger partial charge is 0.159 e. The fraction of sp³-hybridized carbons (Fsp3) is 0.0667. The summed E-state index contributed by atoms with van der Waals surface area (Å²) in [6, 6.07) is 11.4. The Hall–Kier alpha value is -2.00. The van der Waals surface area contributed by atoms with Gasteiger partial charge in [-0.2, -0.15) is 0 Å². The van der Waals surface area contributed by atoms with Crippen LogP contribution in [0.1, 0.15) is 27.6 Å². The number of thiophene rings is 1. The molecular weight excluding hydrogens is 244 g/mol. The fourth-order valence-electron chi connectivity index (χ4n) is 2.09. The highest BCUT2D eigenvalue weighted by Crippen LogP contribution is 2.34. The van der Waals surface area contributed by atoms with E-state index in [1.807, 2.05) is 36.4 Å². The molecule has 0 N–H and O–H groups in total. The number of carbonyl (C=O) groups is 2. The molecule has 2 aromatic carbocycles. The quantitative estimate of drug-likeness (QED) is 0.510. The molecule has 1 aromatic heterocycles. The van der Waals surface area contributed by atoms with Gasteiger partial charge in [-0.15, -0.1) is 11.3 Å². The summed E-state index contributed by atoms with van der Waals surface area (Å²) in [5.41, 5.74) is 1.37. The number of Topliss-reactive ketones (excluding diaryl/α,β-unsaturated/α-hetero) is 1. The normalized spacial score (nSPS) is 10.9. The van der Waals surface area contributed by atoms with Gasteiger partial charge >= 0.3 is 0 Å². The van der Waals surface area contributed by atoms with E-state index in [2.05, 4.69) is 0 Å². The van der Waals surface area contributed by atoms with Gasteiger partial charge < -0.3 is 0 Å². The van der Waals surface area contributed by atoms with E-state index >= 15 is 0 Å². The summed E-state index contributed by atoms with van der Waals surface area (Å²) in [5, 5.41) is 2.09. The van der Waals surface area contributed by atoms with E-state index in [-0.39, 0.29) is 5.78 Å². The molecule has 0 fully saturated rings. The molecule has 0 aliphatic heterocycles. The van der Waals surface area contributed by atoms with E-state index < -0.39 is 0 Å². The second-order valence-corrected chi connectivity index (χ2v) is 5.33. The maximum absolute atomic E-state index is 11.4. The van der Waals surface area contributed by atoms with Crippen LogP contribution in [0.5, 0.6) is 0 Å². The van der Waals surface area contributed by atoms with Gasteiger partial charge in [-0.25, -0.2) is 0 Å². The first-order chi connectivity index (χ1) is 8.69. The average Bonchev–Trinajstić information content (AvgIpc) is 2.75. The van der Waals surface area contributed by atoms with E-state index in [4.69, 9.17) is 0 Å². The summed E-state index contributed by atoms with van der Waals surface area (Å²) in [6.07, 6.45) is 0.845. The minimum atomic E-state index is 0.0581. The molecule has 0 bridgehead atoms. The lowest BCUT2D eigenvalue weighted by Crippen LogP contribution is -1.89. The molecule has 3 aromatic rings. The summed E-state index contributed by atoms with van der Waals surface area (Å²) < 4.78 is 2.27. The third-order valence-corrected chi connectivity index (χ3v) is 4.19. The number of aldehydes is 1. The van der Waals surface area contributed by atoms with Gasteiger partial charge in [0.25, 0.3) is 0 Å². The van der Waals surface area contributed by atoms with Crippen LogP contribution in [0.4, 0.5) is 0 Å². The molecule has 0 unspecified atom stereocenters. The van der Waals surface area contributed by atoms with Crippen molar-refractivity contribution < 1.29 is 9.59 Å². The van der Waals surface area contributed by atoms with E-state index in [0.29, 0.717) is 11.1 Å². The van der Waals surface area contributed by atoms with Crippen LogP contribution in [-0.4, -0.2) is 12.1 Å². The summed E-state index contributed by atoms with van der Waals surface area (Å²) in [4.78, 5) is 22.2. The molecule has 1 heterocycles. The lowest BCUT2D eigenvalue weighted by molar-refractivity contribution is 0.101. The highest BCUT2D eigenvalue weighted by molar-refractivity contribution is 7.25. The zero-order valence-corrected chi connectivity index (χ0v) is 10.6. The van der Waals surface area contributed by atoms with Gasteiger partial charge in [0, 0.05) is 31.3 Å². The number of fused-ring (bicyclic) bond motifs is 3. The Balaban J connectivity index is 2.40. The molecular formula is C15H10O2S. The average molecular weight is 254 g/mol. The standard InChI is InChI=1S/C15H10O2S/c1-9(17)11-3-5-15-13(7-11)12-6-10(8-16)2-4-14(12)18-15/h2-8H,1H3. The van der Waals surface area contributed by atoms with Crippen molar-refractivity contribution in [2.45, 2.75) is 6.92 Å². The van der Waals surface area contributed by atoms with E-state index in [0.717, 1.165) is 26.5 Å². The summed E-state index contributed by atoms with van der Waals surface area (Å²) in [7, 11) is 0. The Morgan fingerprint density at radius 1 is 1.06 bits per heavy atom. The van der Waals surface area contributed by atoms with Crippen molar-refractivity contribution in [1.29, 1.82) is 0 Å². The Morgan fingerprint density at radius 2 is 1.72 bits per heavy atom. The first-order valence-electron chi connectivity index (χ1n) is 5.61. The monoisotopic (exact) mass is 254 g/mol. The highest BCUT2D eigenvalue weighted by Gasteiger charge is 2.08. The largest absolute Gasteiger partial charge is 0.298 e. The number of carbonyl (C=O) groups excluding carboxylic acids is 2. The molecule has 0 spiro atoms. The van der Waals surface area contributed by atoms with E-state index in [1.165, 1.54) is 0 Å². The Kier molecular flexibility index (Phi) is 2.49. The molecule has 2 nitrogen and oxygen atoms in total. The molecule has 0 aliphatic carbocycles. The zero-order valence-electron chi connectivity index (χ0n) is 9.77. The molecule has 88 valence electrons. The number of hydrogen-bond donors (Lipinski definition) is 0. The van der Waals surface area contributed by atoms with Gasteiger partial charge in [0.15, 0.2) is 5.78 Å². The van der Waals surface area contributed by atoms with Crippen molar-refractivity contribution in [2.75, 3.05) is 0 Å². The van der Waals surface area contributed by atoms with Gasteiger partial charge in [0.05, 0.1) is 0 Å². The lowest BCUT2D eigenvalue weighted by Gasteiger charge is -1.96. The van der Waals surface area contributed by atoms with Crippen molar-refractivity contribution in [3.63, 3.8) is 0 Å². The van der Waals surface area contributed by atoms with Crippen molar-refractivity contribution in [1.82, 2.24) is 0 Å². The topological polar surface area (TPSA) is 34.1 Å². The molecule has 0 aliphatic rings. The molecule has 0 radical (unpaired) electrons. The molecule has 3 rings (SSSR count). The SMILES string of the molecule is CC(=O)c1ccc2sc3ccc(C=O)cc3c2c1. The zero-order chi connectivity index (χ0) is 12.7. The maximum atomic E-state index is 11.4. The Labute approximate surface area is 108 Å². The molecule has 0 saturated carbocycles. The summed E-state index contributed by atoms with van der Waals surface area (Å²) >= 11 is 1.67. The van der Waals surface area contributed by atoms with Crippen molar-refractivity contribution >= 4 is 43.6 Å². The number of benzene rings is 2. The van der Waals surface area contributed by atoms with E-state index in [9.17, 15) is 9.59 Å². The molecule has 0 amide bonds. The van der Waals surface area contributed by atoms with Crippen LogP contribution in [0.25, 0.3) is 20.2 Å². The summed E-state index contributed by atoms with van der Waals surface area (Å²) in [5.74, 6) is 0.0581. The first-order valence-corrected chi connectivity index (χ1v) is 6.43. The second kappa shape index (κ2) is 4.03. The number of hydrogen-bond acceptors (Lipinski definition) is 3. The van der Waals surface area contributed by atoms with Crippen LogP contribution in [0.3, 0.4) is 0 Å². The molecule has 0 atom stereocenters. The Bertz CT molecular complexity index is 784. The van der Waals surface area contributed by atoms with Gasteiger partial charge in [-0.05, 0) is 37.3 Å². The fourth-order valence-corrected chi connectivity index (χ4v) is 3.15. The van der Waals surface area contributed by atoms with Gasteiger partial charge in [-0.3, -0.25) is 9.59 Å². The van der Waals surface area contributed by atoms with Gasteiger partial charge in [0.2, 0.25) is 0 Å². The molecule has 0 saturated heterocycles. The predicted molar refractivity (Wildman–Crippen MR) is 74.7 cm³/mol. The van der Waals surface area contributed by atoms with Crippen LogP contribution in [0.15, 0.2) is 36.4 Å². The molecule has 18 heavy (non-hydrogen) atoms. The van der Waals surface area contributed by atoms with Crippen molar-refractivity contribution in [3.8, 4) is 0 Å². The first kappa shape index (κ1) is 11.1. The highest BCUT2D eigenvalue weighted by atomic mass is 32.1. The summed E-state index contributed by atoms with van der Waals surface area (Å²) in [6.45, 7) is 1.56. The van der Waals surface area contributed by atoms with Crippen molar-refractivity contribution in [2.24, 2.45) is 0 Å². The Morgan fingerprint density at radius 3 is 2.39 bits per heavy atom. The van der Waals surface area contributed by atoms with Gasteiger partial charge in [0.1, 0.15) is 6.29 Å². The number of rotatable bonds is 2. The van der Waals surface area contributed by atoms with Crippen LogP contribution < -0.4 is 0 Å². The predicted octanol–water partition coefficient (Wildman–Crippen LogP) is 4.07. The third kappa shape index (κ3) is 1.64. The van der Waals surface area contributed by atoms with Gasteiger partial charge in [-0.1, -0.05) is 6.07 Å². The van der Waals surface area contributed by atoms with Crippen LogP contribution in [0, 0.1) is 0 Å². The minimum absolute atomic E-state index is 0.0581. The van der Waals surface area contributed by atoms with Crippen LogP contribution in [-0.2, 0) is 0 Å². The van der Waals surface area contributed by atoms with E-state index in [1.54, 1.807) is 18.3 Å². The second-order valence-electron chi connectivity index (χ2n) is 4.24. The third-order valence-electron chi connectivity index (χ3n) is 3.04. The lowest BCUT2D eigenvalue weighted by atomic mass is 10.1. The minimum Gasteiger partial charge on any atom is -0.298 e. The number of ketones is 1. The van der Waals surface area contributed by atoms with Crippen LogP contribution in [0.2, 0.25) is 0 Å².